The van der Waals surface area contributed by atoms with E-state index in [9.17, 15) is 9.59 Å². The summed E-state index contributed by atoms with van der Waals surface area (Å²) in [4.78, 5) is 25.6. The summed E-state index contributed by atoms with van der Waals surface area (Å²) in [5.41, 5.74) is 2.00. The van der Waals surface area contributed by atoms with Crippen molar-refractivity contribution in [2.75, 3.05) is 18.4 Å². The molecule has 0 radical (unpaired) electrons. The van der Waals surface area contributed by atoms with E-state index in [1.807, 2.05) is 25.1 Å². The maximum absolute atomic E-state index is 12.2. The fourth-order valence-electron chi connectivity index (χ4n) is 2.47. The number of amides is 2. The molecule has 1 saturated heterocycles. The van der Waals surface area contributed by atoms with Gasteiger partial charge < -0.3 is 10.2 Å². The Morgan fingerprint density at radius 2 is 2.20 bits per heavy atom. The second-order valence-corrected chi connectivity index (χ2v) is 5.60. The average molecular weight is 274 g/mol. The van der Waals surface area contributed by atoms with Crippen LogP contribution < -0.4 is 5.32 Å². The van der Waals surface area contributed by atoms with Gasteiger partial charge in [-0.05, 0) is 30.5 Å². The highest BCUT2D eigenvalue weighted by atomic mass is 16.2. The van der Waals surface area contributed by atoms with Gasteiger partial charge in [0.05, 0.1) is 5.92 Å². The number of nitrogens with zero attached hydrogens (tertiary/aromatic N) is 1. The van der Waals surface area contributed by atoms with E-state index in [-0.39, 0.29) is 17.7 Å². The average Bonchev–Trinajstić information content (AvgIpc) is 2.80. The molecule has 0 spiro atoms. The molecule has 1 N–H and O–H groups in total. The number of hydrogen-bond acceptors (Lipinski definition) is 2. The zero-order chi connectivity index (χ0) is 14.7. The van der Waals surface area contributed by atoms with E-state index in [1.54, 1.807) is 4.90 Å². The van der Waals surface area contributed by atoms with E-state index in [1.165, 1.54) is 5.56 Å². The van der Waals surface area contributed by atoms with Crippen molar-refractivity contribution in [1.29, 1.82) is 0 Å². The number of likely N-dealkylation sites (tertiary alicyclic amines) is 1. The van der Waals surface area contributed by atoms with Crippen molar-refractivity contribution in [2.24, 2.45) is 5.92 Å². The summed E-state index contributed by atoms with van der Waals surface area (Å²) in [6, 6.07) is 7.89. The van der Waals surface area contributed by atoms with Crippen molar-refractivity contribution in [3.05, 3.63) is 29.8 Å². The van der Waals surface area contributed by atoms with E-state index in [4.69, 9.17) is 0 Å². The molecule has 1 unspecified atom stereocenters. The molecule has 1 aromatic rings. The predicted octanol–water partition coefficient (Wildman–Crippen LogP) is 2.62. The topological polar surface area (TPSA) is 49.4 Å². The smallest absolute Gasteiger partial charge is 0.229 e. The summed E-state index contributed by atoms with van der Waals surface area (Å²) in [6.07, 6.45) is 0.323. The van der Waals surface area contributed by atoms with Gasteiger partial charge in [-0.2, -0.15) is 0 Å². The van der Waals surface area contributed by atoms with Gasteiger partial charge in [0, 0.05) is 25.2 Å². The summed E-state index contributed by atoms with van der Waals surface area (Å²) in [7, 11) is 0. The number of hydrogen-bond donors (Lipinski definition) is 1. The van der Waals surface area contributed by atoms with Gasteiger partial charge in [-0.1, -0.05) is 26.0 Å². The lowest BCUT2D eigenvalue weighted by Gasteiger charge is -2.14. The summed E-state index contributed by atoms with van der Waals surface area (Å²) in [5, 5.41) is 2.93. The molecule has 1 aliphatic rings. The van der Waals surface area contributed by atoms with E-state index >= 15 is 0 Å². The predicted molar refractivity (Wildman–Crippen MR) is 79.5 cm³/mol. The first kappa shape index (κ1) is 14.6. The minimum Gasteiger partial charge on any atom is -0.342 e. The van der Waals surface area contributed by atoms with E-state index < -0.39 is 0 Å². The van der Waals surface area contributed by atoms with Crippen molar-refractivity contribution >= 4 is 17.5 Å². The Kier molecular flexibility index (Phi) is 4.42. The van der Waals surface area contributed by atoms with Crippen LogP contribution in [0.25, 0.3) is 0 Å². The van der Waals surface area contributed by atoms with Crippen molar-refractivity contribution in [3.63, 3.8) is 0 Å². The molecule has 4 nitrogen and oxygen atoms in total. The molecule has 2 amide bonds. The highest BCUT2D eigenvalue weighted by Gasteiger charge is 2.33. The largest absolute Gasteiger partial charge is 0.342 e. The molecule has 0 aliphatic carbocycles. The minimum absolute atomic E-state index is 0.0600. The number of nitrogens with one attached hydrogen (secondary N) is 1. The molecule has 1 fully saturated rings. The second kappa shape index (κ2) is 6.07. The molecule has 1 heterocycles. The first-order valence-corrected chi connectivity index (χ1v) is 7.19. The van der Waals surface area contributed by atoms with Crippen LogP contribution in [0, 0.1) is 5.92 Å². The molecule has 0 bridgehead atoms. The van der Waals surface area contributed by atoms with Crippen LogP contribution in [0.1, 0.15) is 38.7 Å². The van der Waals surface area contributed by atoms with Crippen LogP contribution in [-0.2, 0) is 9.59 Å². The molecular weight excluding hydrogens is 252 g/mol. The molecule has 1 atom stereocenters. The quantitative estimate of drug-likeness (QED) is 0.917. The minimum atomic E-state index is -0.231. The summed E-state index contributed by atoms with van der Waals surface area (Å²) in [6.45, 7) is 7.38. The van der Waals surface area contributed by atoms with Gasteiger partial charge in [0.2, 0.25) is 11.8 Å². The highest BCUT2D eigenvalue weighted by molar-refractivity contribution is 5.97. The van der Waals surface area contributed by atoms with E-state index in [0.29, 0.717) is 25.4 Å². The third-order valence-corrected chi connectivity index (χ3v) is 3.79. The van der Waals surface area contributed by atoms with Gasteiger partial charge in [-0.3, -0.25) is 9.59 Å². The lowest BCUT2D eigenvalue weighted by Crippen LogP contribution is -2.28. The Hall–Kier alpha value is -1.84. The molecule has 20 heavy (non-hydrogen) atoms. The monoisotopic (exact) mass is 274 g/mol. The molecule has 108 valence electrons. The molecule has 4 heteroatoms. The maximum atomic E-state index is 12.2. The van der Waals surface area contributed by atoms with Gasteiger partial charge in [0.25, 0.3) is 0 Å². The van der Waals surface area contributed by atoms with Crippen LogP contribution in [0.3, 0.4) is 0 Å². The zero-order valence-corrected chi connectivity index (χ0v) is 12.3. The Morgan fingerprint density at radius 1 is 1.45 bits per heavy atom. The first-order chi connectivity index (χ1) is 9.51. The highest BCUT2D eigenvalue weighted by Crippen LogP contribution is 2.22. The fraction of sp³-hybridized carbons (Fsp3) is 0.500. The lowest BCUT2D eigenvalue weighted by atomic mass is 10.0. The number of rotatable bonds is 4. The van der Waals surface area contributed by atoms with Gasteiger partial charge in [0.1, 0.15) is 0 Å². The van der Waals surface area contributed by atoms with Crippen molar-refractivity contribution in [2.45, 2.75) is 33.1 Å². The molecular formula is C16H22N2O2. The third kappa shape index (κ3) is 3.18. The molecule has 2 rings (SSSR count). The Bertz CT molecular complexity index is 511. The van der Waals surface area contributed by atoms with Crippen molar-refractivity contribution in [3.8, 4) is 0 Å². The molecule has 1 aliphatic heterocycles. The molecule has 0 aromatic heterocycles. The summed E-state index contributed by atoms with van der Waals surface area (Å²) in [5.74, 6) is 0.208. The Balaban J connectivity index is 2.02. The van der Waals surface area contributed by atoms with Crippen LogP contribution in [0.4, 0.5) is 5.69 Å². The lowest BCUT2D eigenvalue weighted by molar-refractivity contribution is -0.128. The standard InChI is InChI=1S/C16H22N2O2/c1-4-18-10-13(9-15(18)19)16(20)17-14-7-5-6-12(8-14)11(2)3/h5-8,11,13H,4,9-10H2,1-3H3,(H,17,20). The van der Waals surface area contributed by atoms with Crippen molar-refractivity contribution < 1.29 is 9.59 Å². The maximum Gasteiger partial charge on any atom is 0.229 e. The van der Waals surface area contributed by atoms with E-state index in [0.717, 1.165) is 5.69 Å². The van der Waals surface area contributed by atoms with Crippen LogP contribution in [0.2, 0.25) is 0 Å². The van der Waals surface area contributed by atoms with E-state index in [2.05, 4.69) is 25.2 Å². The Morgan fingerprint density at radius 3 is 2.80 bits per heavy atom. The van der Waals surface area contributed by atoms with Gasteiger partial charge in [0.15, 0.2) is 0 Å². The van der Waals surface area contributed by atoms with Gasteiger partial charge in [-0.25, -0.2) is 0 Å². The normalized spacial score (nSPS) is 18.7. The van der Waals surface area contributed by atoms with Gasteiger partial charge in [-0.15, -0.1) is 0 Å². The number of carbonyl (C=O) groups excluding carboxylic acids is 2. The van der Waals surface area contributed by atoms with Crippen LogP contribution in [0.15, 0.2) is 24.3 Å². The van der Waals surface area contributed by atoms with Crippen LogP contribution in [0.5, 0.6) is 0 Å². The third-order valence-electron chi connectivity index (χ3n) is 3.79. The zero-order valence-electron chi connectivity index (χ0n) is 12.3. The fourth-order valence-corrected chi connectivity index (χ4v) is 2.47. The number of carbonyl (C=O) groups is 2. The number of benzene rings is 1. The van der Waals surface area contributed by atoms with Crippen molar-refractivity contribution in [1.82, 2.24) is 4.90 Å². The van der Waals surface area contributed by atoms with Gasteiger partial charge >= 0.3 is 0 Å². The molecule has 0 saturated carbocycles. The van der Waals surface area contributed by atoms with Crippen LogP contribution >= 0.6 is 0 Å². The first-order valence-electron chi connectivity index (χ1n) is 7.19. The Labute approximate surface area is 120 Å². The number of anilines is 1. The summed E-state index contributed by atoms with van der Waals surface area (Å²) >= 11 is 0. The van der Waals surface area contributed by atoms with Crippen LogP contribution in [-0.4, -0.2) is 29.8 Å². The SMILES string of the molecule is CCN1CC(C(=O)Nc2cccc(C(C)C)c2)CC1=O. The second-order valence-electron chi connectivity index (χ2n) is 5.60. The summed E-state index contributed by atoms with van der Waals surface area (Å²) < 4.78 is 0. The molecule has 1 aromatic carbocycles.